The highest BCUT2D eigenvalue weighted by molar-refractivity contribution is 7.98. The van der Waals surface area contributed by atoms with Gasteiger partial charge in [-0.15, -0.1) is 13.2 Å². The molecule has 0 fully saturated rings. The molecule has 0 saturated heterocycles. The van der Waals surface area contributed by atoms with E-state index in [4.69, 9.17) is 0 Å². The summed E-state index contributed by atoms with van der Waals surface area (Å²) in [6.07, 6.45) is 0.355. The summed E-state index contributed by atoms with van der Waals surface area (Å²) in [4.78, 5) is 0. The van der Waals surface area contributed by atoms with Crippen molar-refractivity contribution in [2.75, 3.05) is 18.6 Å². The van der Waals surface area contributed by atoms with Crippen LogP contribution in [0.1, 0.15) is 25.3 Å². The van der Waals surface area contributed by atoms with Crippen LogP contribution in [0.5, 0.6) is 5.75 Å². The first-order valence-corrected chi connectivity index (χ1v) is 8.41. The van der Waals surface area contributed by atoms with Crippen LogP contribution in [-0.4, -0.2) is 31.0 Å². The van der Waals surface area contributed by atoms with Crippen molar-refractivity contribution in [2.24, 2.45) is 0 Å². The maximum Gasteiger partial charge on any atom is 0.573 e. The van der Waals surface area contributed by atoms with Gasteiger partial charge < -0.3 is 10.1 Å². The van der Waals surface area contributed by atoms with E-state index < -0.39 is 6.36 Å². The Bertz CT molecular complexity index is 387. The number of hydrogen-bond acceptors (Lipinski definition) is 3. The zero-order valence-corrected chi connectivity index (χ0v) is 13.2. The molecule has 1 unspecified atom stereocenters. The van der Waals surface area contributed by atoms with E-state index in [1.165, 1.54) is 12.1 Å². The van der Waals surface area contributed by atoms with Crippen molar-refractivity contribution < 1.29 is 17.9 Å². The SMILES string of the molecule is CCCNC(CCSC)Cc1ccc(OC(F)(F)F)cc1. The fourth-order valence-corrected chi connectivity index (χ4v) is 2.52. The predicted molar refractivity (Wildman–Crippen MR) is 81.9 cm³/mol. The topological polar surface area (TPSA) is 21.3 Å². The molecule has 0 heterocycles. The number of alkyl halides is 3. The van der Waals surface area contributed by atoms with Gasteiger partial charge >= 0.3 is 6.36 Å². The van der Waals surface area contributed by atoms with Crippen LogP contribution in [0, 0.1) is 0 Å². The van der Waals surface area contributed by atoms with Crippen molar-refractivity contribution in [3.63, 3.8) is 0 Å². The molecule has 0 aliphatic rings. The molecule has 0 aliphatic heterocycles. The number of thioether (sulfide) groups is 1. The van der Waals surface area contributed by atoms with E-state index in [-0.39, 0.29) is 5.75 Å². The summed E-state index contributed by atoms with van der Waals surface area (Å²) in [7, 11) is 0. The second-order valence-corrected chi connectivity index (χ2v) is 5.81. The quantitative estimate of drug-likeness (QED) is 0.735. The number of ether oxygens (including phenoxy) is 1. The van der Waals surface area contributed by atoms with E-state index in [2.05, 4.69) is 23.2 Å². The minimum atomic E-state index is -4.63. The molecule has 1 atom stereocenters. The third-order valence-corrected chi connectivity index (χ3v) is 3.64. The third-order valence-electron chi connectivity index (χ3n) is 2.99. The Balaban J connectivity index is 2.57. The van der Waals surface area contributed by atoms with Gasteiger partial charge in [0.15, 0.2) is 0 Å². The largest absolute Gasteiger partial charge is 0.573 e. The summed E-state index contributed by atoms with van der Waals surface area (Å²) < 4.78 is 40.2. The summed E-state index contributed by atoms with van der Waals surface area (Å²) >= 11 is 1.80. The molecule has 1 rings (SSSR count). The molecule has 1 N–H and O–H groups in total. The molecule has 0 saturated carbocycles. The van der Waals surface area contributed by atoms with Gasteiger partial charge in [0.25, 0.3) is 0 Å². The molecule has 1 aromatic rings. The number of benzene rings is 1. The Hall–Kier alpha value is -0.880. The van der Waals surface area contributed by atoms with Gasteiger partial charge in [0, 0.05) is 6.04 Å². The van der Waals surface area contributed by atoms with Crippen molar-refractivity contribution in [3.8, 4) is 5.75 Å². The van der Waals surface area contributed by atoms with Crippen LogP contribution in [0.15, 0.2) is 24.3 Å². The van der Waals surface area contributed by atoms with Crippen LogP contribution >= 0.6 is 11.8 Å². The van der Waals surface area contributed by atoms with Crippen LogP contribution < -0.4 is 10.1 Å². The fourth-order valence-electron chi connectivity index (χ4n) is 2.00. The second-order valence-electron chi connectivity index (χ2n) is 4.83. The van der Waals surface area contributed by atoms with Gasteiger partial charge in [-0.1, -0.05) is 19.1 Å². The van der Waals surface area contributed by atoms with Crippen molar-refractivity contribution in [1.29, 1.82) is 0 Å². The Morgan fingerprint density at radius 1 is 1.24 bits per heavy atom. The average Bonchev–Trinajstić information content (AvgIpc) is 2.42. The standard InChI is InChI=1S/C15H22F3NOS/c1-3-9-19-13(8-10-21-2)11-12-4-6-14(7-5-12)20-15(16,17)18/h4-7,13,19H,3,8-11H2,1-2H3. The molecule has 0 aliphatic carbocycles. The van der Waals surface area contributed by atoms with E-state index in [0.717, 1.165) is 37.1 Å². The summed E-state index contributed by atoms with van der Waals surface area (Å²) in [6.45, 7) is 3.07. The van der Waals surface area contributed by atoms with Crippen molar-refractivity contribution in [3.05, 3.63) is 29.8 Å². The first kappa shape index (κ1) is 18.2. The smallest absolute Gasteiger partial charge is 0.406 e. The molecule has 2 nitrogen and oxygen atoms in total. The maximum absolute atomic E-state index is 12.1. The molecule has 0 aromatic heterocycles. The van der Waals surface area contributed by atoms with Gasteiger partial charge in [-0.2, -0.15) is 11.8 Å². The third kappa shape index (κ3) is 8.21. The first-order chi connectivity index (χ1) is 9.94. The van der Waals surface area contributed by atoms with Crippen molar-refractivity contribution >= 4 is 11.8 Å². The van der Waals surface area contributed by atoms with E-state index in [1.807, 2.05) is 0 Å². The predicted octanol–water partition coefficient (Wildman–Crippen LogP) is 4.25. The van der Waals surface area contributed by atoms with Gasteiger partial charge in [-0.3, -0.25) is 0 Å². The summed E-state index contributed by atoms with van der Waals surface area (Å²) in [5.74, 6) is 0.893. The van der Waals surface area contributed by atoms with Gasteiger partial charge in [-0.25, -0.2) is 0 Å². The normalized spacial score (nSPS) is 13.2. The molecule has 0 spiro atoms. The molecule has 1 aromatic carbocycles. The van der Waals surface area contributed by atoms with E-state index in [0.29, 0.717) is 6.04 Å². The summed E-state index contributed by atoms with van der Waals surface area (Å²) in [5, 5.41) is 3.48. The van der Waals surface area contributed by atoms with E-state index >= 15 is 0 Å². The first-order valence-electron chi connectivity index (χ1n) is 7.01. The molecule has 0 radical (unpaired) electrons. The van der Waals surface area contributed by atoms with Crippen LogP contribution in [0.4, 0.5) is 13.2 Å². The van der Waals surface area contributed by atoms with Gasteiger partial charge in [0.05, 0.1) is 0 Å². The fraction of sp³-hybridized carbons (Fsp3) is 0.600. The molecule has 120 valence electrons. The molecular weight excluding hydrogens is 299 g/mol. The Morgan fingerprint density at radius 3 is 2.43 bits per heavy atom. The van der Waals surface area contributed by atoms with E-state index in [1.54, 1.807) is 23.9 Å². The van der Waals surface area contributed by atoms with Gasteiger partial charge in [0.1, 0.15) is 5.75 Å². The minimum Gasteiger partial charge on any atom is -0.406 e. The Morgan fingerprint density at radius 2 is 1.90 bits per heavy atom. The zero-order chi connectivity index (χ0) is 15.7. The minimum absolute atomic E-state index is 0.173. The second kappa shape index (κ2) is 9.20. The molecule has 0 bridgehead atoms. The van der Waals surface area contributed by atoms with Crippen molar-refractivity contribution in [2.45, 2.75) is 38.6 Å². The van der Waals surface area contributed by atoms with E-state index in [9.17, 15) is 13.2 Å². The zero-order valence-electron chi connectivity index (χ0n) is 12.4. The molecule has 0 amide bonds. The lowest BCUT2D eigenvalue weighted by atomic mass is 10.0. The maximum atomic E-state index is 12.1. The van der Waals surface area contributed by atoms with Crippen LogP contribution in [0.25, 0.3) is 0 Å². The number of rotatable bonds is 9. The highest BCUT2D eigenvalue weighted by Gasteiger charge is 2.30. The lowest BCUT2D eigenvalue weighted by molar-refractivity contribution is -0.274. The van der Waals surface area contributed by atoms with Crippen LogP contribution in [0.3, 0.4) is 0 Å². The van der Waals surface area contributed by atoms with Crippen LogP contribution in [0.2, 0.25) is 0 Å². The number of halogens is 3. The van der Waals surface area contributed by atoms with Crippen molar-refractivity contribution in [1.82, 2.24) is 5.32 Å². The summed E-state index contributed by atoms with van der Waals surface area (Å²) in [5.41, 5.74) is 1.01. The highest BCUT2D eigenvalue weighted by Crippen LogP contribution is 2.23. The number of hydrogen-bond donors (Lipinski definition) is 1. The van der Waals surface area contributed by atoms with Crippen LogP contribution in [-0.2, 0) is 6.42 Å². The molecular formula is C15H22F3NOS. The average molecular weight is 321 g/mol. The Labute approximate surface area is 128 Å². The van der Waals surface area contributed by atoms with Gasteiger partial charge in [0.2, 0.25) is 0 Å². The summed E-state index contributed by atoms with van der Waals surface area (Å²) in [6, 6.07) is 6.48. The monoisotopic (exact) mass is 321 g/mol. The number of nitrogens with one attached hydrogen (secondary N) is 1. The molecule has 6 heteroatoms. The lowest BCUT2D eigenvalue weighted by Gasteiger charge is -2.18. The Kier molecular flexibility index (Phi) is 7.96. The highest BCUT2D eigenvalue weighted by atomic mass is 32.2. The molecule has 21 heavy (non-hydrogen) atoms. The van der Waals surface area contributed by atoms with Gasteiger partial charge in [-0.05, 0) is 55.5 Å². The lowest BCUT2D eigenvalue weighted by Crippen LogP contribution is -2.32.